The van der Waals surface area contributed by atoms with Crippen LogP contribution in [0.15, 0.2) is 0 Å². The molecule has 1 N–H and O–H groups in total. The van der Waals surface area contributed by atoms with Gasteiger partial charge in [-0.15, -0.1) is 0 Å². The topological polar surface area (TPSA) is 15.3 Å². The maximum atomic E-state index is 3.51. The predicted molar refractivity (Wildman–Crippen MR) is 60.5 cm³/mol. The van der Waals surface area contributed by atoms with Gasteiger partial charge in [0.25, 0.3) is 0 Å². The summed E-state index contributed by atoms with van der Waals surface area (Å²) >= 11 is 0. The van der Waals surface area contributed by atoms with Crippen LogP contribution in [0.3, 0.4) is 0 Å². The quantitative estimate of drug-likeness (QED) is 0.636. The van der Waals surface area contributed by atoms with Crippen molar-refractivity contribution in [3.8, 4) is 0 Å². The Morgan fingerprint density at radius 3 is 2.71 bits per heavy atom. The molecule has 2 rings (SSSR count). The van der Waals surface area contributed by atoms with Gasteiger partial charge in [-0.3, -0.25) is 4.90 Å². The van der Waals surface area contributed by atoms with E-state index in [0.717, 1.165) is 12.1 Å². The highest BCUT2D eigenvalue weighted by Gasteiger charge is 2.37. The van der Waals surface area contributed by atoms with Gasteiger partial charge < -0.3 is 5.32 Å². The van der Waals surface area contributed by atoms with Gasteiger partial charge in [-0.2, -0.15) is 0 Å². The normalized spacial score (nSPS) is 35.4. The summed E-state index contributed by atoms with van der Waals surface area (Å²) in [6, 6.07) is 1.63. The molecule has 2 atom stereocenters. The van der Waals surface area contributed by atoms with E-state index in [0.29, 0.717) is 5.41 Å². The molecule has 2 unspecified atom stereocenters. The minimum absolute atomic E-state index is 0.454. The van der Waals surface area contributed by atoms with Crippen molar-refractivity contribution in [1.82, 2.24) is 10.2 Å². The molecule has 0 aromatic carbocycles. The Balaban J connectivity index is 2.09. The van der Waals surface area contributed by atoms with Crippen LogP contribution in [0.25, 0.3) is 0 Å². The van der Waals surface area contributed by atoms with Gasteiger partial charge >= 0.3 is 0 Å². The Morgan fingerprint density at radius 1 is 1.21 bits per heavy atom. The molecule has 2 aliphatic rings. The van der Waals surface area contributed by atoms with Gasteiger partial charge in [0, 0.05) is 31.7 Å². The van der Waals surface area contributed by atoms with Crippen molar-refractivity contribution in [2.45, 2.75) is 52.1 Å². The van der Waals surface area contributed by atoms with Crippen LogP contribution in [0.2, 0.25) is 0 Å². The van der Waals surface area contributed by atoms with Crippen LogP contribution in [0.5, 0.6) is 0 Å². The summed E-state index contributed by atoms with van der Waals surface area (Å²) in [5, 5.41) is 3.51. The van der Waals surface area contributed by atoms with Gasteiger partial charge in [-0.1, -0.05) is 27.2 Å². The molecule has 2 heteroatoms. The van der Waals surface area contributed by atoms with E-state index in [1.807, 2.05) is 0 Å². The summed E-state index contributed by atoms with van der Waals surface area (Å²) in [5.74, 6) is 0. The number of hydrogen-bond donors (Lipinski definition) is 1. The Hall–Kier alpha value is -0.0800. The number of nitrogens with zero attached hydrogens (tertiary/aromatic N) is 1. The van der Waals surface area contributed by atoms with Crippen molar-refractivity contribution in [1.29, 1.82) is 0 Å². The number of fused-ring (bicyclic) bond motifs is 1. The molecule has 2 aliphatic heterocycles. The molecule has 2 heterocycles. The highest BCUT2D eigenvalue weighted by Crippen LogP contribution is 2.34. The molecule has 14 heavy (non-hydrogen) atoms. The second kappa shape index (κ2) is 3.82. The van der Waals surface area contributed by atoms with Crippen molar-refractivity contribution in [3.05, 3.63) is 0 Å². The van der Waals surface area contributed by atoms with Gasteiger partial charge in [0.2, 0.25) is 0 Å². The summed E-state index contributed by atoms with van der Waals surface area (Å²) in [6.45, 7) is 10.8. The summed E-state index contributed by atoms with van der Waals surface area (Å²) in [7, 11) is 0. The van der Waals surface area contributed by atoms with Crippen LogP contribution in [0, 0.1) is 5.41 Å². The molecule has 0 aromatic heterocycles. The average Bonchev–Trinajstić information content (AvgIpc) is 2.15. The first-order valence-corrected chi connectivity index (χ1v) is 6.05. The van der Waals surface area contributed by atoms with Gasteiger partial charge in [-0.05, 0) is 18.3 Å². The lowest BCUT2D eigenvalue weighted by atomic mass is 9.78. The number of piperidine rings is 1. The highest BCUT2D eigenvalue weighted by molar-refractivity contribution is 4.93. The van der Waals surface area contributed by atoms with Gasteiger partial charge in [0.15, 0.2) is 0 Å². The number of hydrogen-bond acceptors (Lipinski definition) is 2. The van der Waals surface area contributed by atoms with Crippen LogP contribution in [0.4, 0.5) is 0 Å². The van der Waals surface area contributed by atoms with E-state index in [9.17, 15) is 0 Å². The summed E-state index contributed by atoms with van der Waals surface area (Å²) in [4.78, 5) is 2.76. The fraction of sp³-hybridized carbons (Fsp3) is 1.00. The van der Waals surface area contributed by atoms with Crippen molar-refractivity contribution in [3.63, 3.8) is 0 Å². The van der Waals surface area contributed by atoms with Crippen LogP contribution < -0.4 is 5.32 Å². The van der Waals surface area contributed by atoms with Crippen molar-refractivity contribution in [2.24, 2.45) is 5.41 Å². The van der Waals surface area contributed by atoms with Crippen molar-refractivity contribution < 1.29 is 0 Å². The second-order valence-corrected chi connectivity index (χ2v) is 5.91. The van der Waals surface area contributed by atoms with E-state index < -0.39 is 0 Å². The number of piperazine rings is 1. The van der Waals surface area contributed by atoms with E-state index in [1.165, 1.54) is 38.9 Å². The molecule has 0 bridgehead atoms. The first kappa shape index (κ1) is 10.4. The standard InChI is InChI=1S/C12H24N2/c1-12(2,3)11-6-4-5-10-9-13-7-8-14(10)11/h10-11,13H,4-9H2,1-3H3. The van der Waals surface area contributed by atoms with Crippen molar-refractivity contribution >= 4 is 0 Å². The fourth-order valence-corrected chi connectivity index (χ4v) is 3.10. The average molecular weight is 196 g/mol. The third-order valence-corrected chi connectivity index (χ3v) is 3.81. The smallest absolute Gasteiger partial charge is 0.0224 e. The van der Waals surface area contributed by atoms with Crippen LogP contribution >= 0.6 is 0 Å². The van der Waals surface area contributed by atoms with E-state index in [2.05, 4.69) is 31.0 Å². The van der Waals surface area contributed by atoms with E-state index in [4.69, 9.17) is 0 Å². The maximum Gasteiger partial charge on any atom is 0.0224 e. The lowest BCUT2D eigenvalue weighted by molar-refractivity contribution is 0.00574. The SMILES string of the molecule is CC(C)(C)C1CCCC2CNCCN21. The zero-order valence-corrected chi connectivity index (χ0v) is 9.84. The first-order valence-electron chi connectivity index (χ1n) is 6.05. The Kier molecular flexibility index (Phi) is 2.85. The molecule has 2 nitrogen and oxygen atoms in total. The Morgan fingerprint density at radius 2 is 2.00 bits per heavy atom. The van der Waals surface area contributed by atoms with Crippen LogP contribution in [-0.4, -0.2) is 36.6 Å². The molecule has 2 fully saturated rings. The lowest BCUT2D eigenvalue weighted by Gasteiger charge is -2.50. The first-order chi connectivity index (χ1) is 6.59. The molecule has 82 valence electrons. The predicted octanol–water partition coefficient (Wildman–Crippen LogP) is 1.86. The highest BCUT2D eigenvalue weighted by atomic mass is 15.3. The second-order valence-electron chi connectivity index (χ2n) is 5.91. The van der Waals surface area contributed by atoms with E-state index >= 15 is 0 Å². The van der Waals surface area contributed by atoms with Gasteiger partial charge in [0.1, 0.15) is 0 Å². The number of nitrogens with one attached hydrogen (secondary N) is 1. The largest absolute Gasteiger partial charge is 0.314 e. The maximum absolute atomic E-state index is 3.51. The number of rotatable bonds is 0. The molecule has 0 aliphatic carbocycles. The van der Waals surface area contributed by atoms with Crippen molar-refractivity contribution in [2.75, 3.05) is 19.6 Å². The minimum atomic E-state index is 0.454. The fourth-order valence-electron chi connectivity index (χ4n) is 3.10. The molecule has 0 spiro atoms. The summed E-state index contributed by atoms with van der Waals surface area (Å²) < 4.78 is 0. The Bertz CT molecular complexity index is 193. The van der Waals surface area contributed by atoms with Crippen LogP contribution in [0.1, 0.15) is 40.0 Å². The zero-order chi connectivity index (χ0) is 10.2. The van der Waals surface area contributed by atoms with E-state index in [-0.39, 0.29) is 0 Å². The van der Waals surface area contributed by atoms with Crippen LogP contribution in [-0.2, 0) is 0 Å². The molecule has 0 amide bonds. The third kappa shape index (κ3) is 1.96. The monoisotopic (exact) mass is 196 g/mol. The molecule has 2 saturated heterocycles. The van der Waals surface area contributed by atoms with Gasteiger partial charge in [-0.25, -0.2) is 0 Å². The lowest BCUT2D eigenvalue weighted by Crippen LogP contribution is -2.60. The molecule has 0 saturated carbocycles. The molecule has 0 radical (unpaired) electrons. The molecular formula is C12H24N2. The zero-order valence-electron chi connectivity index (χ0n) is 9.84. The molecular weight excluding hydrogens is 172 g/mol. The Labute approximate surface area is 88.1 Å². The van der Waals surface area contributed by atoms with Gasteiger partial charge in [0.05, 0.1) is 0 Å². The van der Waals surface area contributed by atoms with E-state index in [1.54, 1.807) is 0 Å². The third-order valence-electron chi connectivity index (χ3n) is 3.81. The minimum Gasteiger partial charge on any atom is -0.314 e. The molecule has 0 aromatic rings. The summed E-state index contributed by atoms with van der Waals surface area (Å²) in [5.41, 5.74) is 0.454. The summed E-state index contributed by atoms with van der Waals surface area (Å²) in [6.07, 6.45) is 4.23.